The number of fused-ring (bicyclic) bond motifs is 3. The van der Waals surface area contributed by atoms with Crippen LogP contribution in [0.15, 0.2) is 18.2 Å². The molecule has 68 heavy (non-hydrogen) atoms. The van der Waals surface area contributed by atoms with Gasteiger partial charge in [-0.05, 0) is 77.3 Å². The van der Waals surface area contributed by atoms with Crippen LogP contribution in [0.25, 0.3) is 0 Å². The minimum absolute atomic E-state index is 0.00570. The maximum Gasteiger partial charge on any atom is 0.243 e. The number of phenolic OH excluding ortho intramolecular Hbond substituents is 2. The van der Waals surface area contributed by atoms with E-state index in [1.807, 2.05) is 34.6 Å². The first-order valence-electron chi connectivity index (χ1n) is 23.5. The van der Waals surface area contributed by atoms with Crippen LogP contribution in [0.4, 0.5) is 0 Å². The monoisotopic (exact) mass is 951 g/mol. The molecule has 2 aromatic rings. The van der Waals surface area contributed by atoms with Gasteiger partial charge in [-0.25, -0.2) is 0 Å². The van der Waals surface area contributed by atoms with E-state index in [2.05, 4.69) is 21.3 Å². The first-order chi connectivity index (χ1) is 31.9. The molecule has 10 atom stereocenters. The zero-order valence-corrected chi connectivity index (χ0v) is 40.5. The molecular formula is C49H70N6O13. The van der Waals surface area contributed by atoms with Crippen LogP contribution < -0.4 is 37.5 Å². The van der Waals surface area contributed by atoms with Crippen LogP contribution in [-0.4, -0.2) is 118 Å². The number of nitrogens with two attached hydrogens (primary N) is 2. The molecule has 374 valence electrons. The largest absolute Gasteiger partial charge is 0.507 e. The van der Waals surface area contributed by atoms with Crippen LogP contribution in [0, 0.1) is 17.8 Å². The van der Waals surface area contributed by atoms with Crippen LogP contribution in [-0.2, 0) is 39.9 Å². The summed E-state index contributed by atoms with van der Waals surface area (Å²) in [6, 6.07) is -0.220. The van der Waals surface area contributed by atoms with Gasteiger partial charge in [0.05, 0.1) is 42.0 Å². The highest BCUT2D eigenvalue weighted by atomic mass is 16.7. The number of Topliss-reactive ketones (excluding diaryl/α,β-unsaturated/α-hetero) is 1. The summed E-state index contributed by atoms with van der Waals surface area (Å²) in [5, 5.41) is 46.9. The van der Waals surface area contributed by atoms with Crippen molar-refractivity contribution >= 4 is 41.0 Å². The molecule has 4 amide bonds. The molecule has 5 rings (SSSR count). The van der Waals surface area contributed by atoms with Gasteiger partial charge in [0.25, 0.3) is 0 Å². The number of nitrogens with one attached hydrogen (secondary N) is 4. The Bertz CT molecular complexity index is 2260. The summed E-state index contributed by atoms with van der Waals surface area (Å²) in [5.74, 6) is -6.11. The van der Waals surface area contributed by atoms with E-state index in [1.54, 1.807) is 6.92 Å². The van der Waals surface area contributed by atoms with Gasteiger partial charge < -0.3 is 62.3 Å². The number of rotatable bonds is 20. The molecule has 3 aliphatic rings. The van der Waals surface area contributed by atoms with Crippen molar-refractivity contribution in [2.45, 2.75) is 161 Å². The summed E-state index contributed by atoms with van der Waals surface area (Å²) in [5.41, 5.74) is 7.99. The van der Waals surface area contributed by atoms with Crippen molar-refractivity contribution in [3.8, 4) is 17.2 Å². The van der Waals surface area contributed by atoms with E-state index in [-0.39, 0.29) is 71.4 Å². The summed E-state index contributed by atoms with van der Waals surface area (Å²) < 4.78 is 18.1. The van der Waals surface area contributed by atoms with E-state index in [4.69, 9.17) is 25.7 Å². The summed E-state index contributed by atoms with van der Waals surface area (Å²) in [6.45, 7) is 14.2. The third-order valence-electron chi connectivity index (χ3n) is 13.2. The number of hydrogen-bond acceptors (Lipinski definition) is 15. The van der Waals surface area contributed by atoms with Crippen molar-refractivity contribution in [2.75, 3.05) is 13.7 Å². The maximum atomic E-state index is 14.3. The van der Waals surface area contributed by atoms with Crippen LogP contribution in [0.3, 0.4) is 0 Å². The first kappa shape index (κ1) is 53.5. The standard InChI is InChI=1S/C49H70N6O13/c1-22(2)17-32(54-45(61)25(6)51)47(63)52-30(14-10-11-16-50)46(62)55-33(18-23(3)4)48(64)53-31-19-36(67-26(7)24(31)5)68-35-21-49(65,27(8)56)20-29-38(35)44(60)40-39(42(29)58)41(57)28-13-12-15-34(66-9)37(28)43(40)59/h12-13,15,22-26,30-33,35-36,58,60,65H,10-11,14,16-21,50-51H2,1-9H3,(H,52,63)(H,53,64)(H,54,61)(H,55,62)/t24-,25?,26+,30?,31+,32?,33?,35?,36?,49+/m1/s1. The topological polar surface area (TPSA) is 308 Å². The number of benzene rings is 2. The molecule has 1 aliphatic heterocycles. The molecular weight excluding hydrogens is 881 g/mol. The van der Waals surface area contributed by atoms with Gasteiger partial charge in [0.2, 0.25) is 29.4 Å². The Morgan fingerprint density at radius 1 is 0.838 bits per heavy atom. The number of carbonyl (C=O) groups excluding carboxylic acids is 7. The fourth-order valence-electron chi connectivity index (χ4n) is 9.23. The SMILES string of the molecule is COc1cccc2c1C(=O)c1c(O)c3c(c(O)c1C2=O)C[C@@](O)(C(C)=O)CC3OC1C[C@H](NC(=O)C(CC(C)C)NC(=O)C(CCCCN)NC(=O)C(CC(C)C)NC(=O)C(C)N)[C@H](C)[C@H](C)O1. The Balaban J connectivity index is 1.41. The molecule has 0 spiro atoms. The van der Waals surface area contributed by atoms with Gasteiger partial charge in [-0.1, -0.05) is 46.8 Å². The molecule has 0 saturated carbocycles. The number of ether oxygens (including phenoxy) is 3. The summed E-state index contributed by atoms with van der Waals surface area (Å²) in [4.78, 5) is 95.7. The second kappa shape index (κ2) is 22.3. The normalized spacial score (nSPS) is 23.9. The molecule has 19 nitrogen and oxygen atoms in total. The Kier molecular flexibility index (Phi) is 17.5. The van der Waals surface area contributed by atoms with Crippen molar-refractivity contribution in [1.82, 2.24) is 21.3 Å². The van der Waals surface area contributed by atoms with E-state index in [9.17, 15) is 48.9 Å². The summed E-state index contributed by atoms with van der Waals surface area (Å²) >= 11 is 0. The van der Waals surface area contributed by atoms with E-state index in [1.165, 1.54) is 32.2 Å². The molecule has 2 aromatic carbocycles. The highest BCUT2D eigenvalue weighted by Gasteiger charge is 2.50. The van der Waals surface area contributed by atoms with Crippen molar-refractivity contribution in [3.63, 3.8) is 0 Å². The molecule has 2 aliphatic carbocycles. The van der Waals surface area contributed by atoms with Crippen molar-refractivity contribution < 1.29 is 63.1 Å². The number of hydrogen-bond donors (Lipinski definition) is 9. The second-order valence-corrected chi connectivity index (χ2v) is 19.5. The fourth-order valence-corrected chi connectivity index (χ4v) is 9.23. The zero-order chi connectivity index (χ0) is 50.5. The van der Waals surface area contributed by atoms with Gasteiger partial charge in [0.15, 0.2) is 17.9 Å². The van der Waals surface area contributed by atoms with Crippen LogP contribution in [0.1, 0.15) is 149 Å². The number of carbonyl (C=O) groups is 7. The van der Waals surface area contributed by atoms with Gasteiger partial charge in [-0.2, -0.15) is 0 Å². The van der Waals surface area contributed by atoms with Crippen LogP contribution in [0.2, 0.25) is 0 Å². The molecule has 6 unspecified atom stereocenters. The molecule has 1 fully saturated rings. The third-order valence-corrected chi connectivity index (χ3v) is 13.2. The lowest BCUT2D eigenvalue weighted by Crippen LogP contribution is -2.59. The number of phenols is 2. The molecule has 11 N–H and O–H groups in total. The number of methoxy groups -OCH3 is 1. The smallest absolute Gasteiger partial charge is 0.243 e. The predicted octanol–water partition coefficient (Wildman–Crippen LogP) is 2.48. The highest BCUT2D eigenvalue weighted by Crippen LogP contribution is 2.52. The van der Waals surface area contributed by atoms with E-state index >= 15 is 0 Å². The fraction of sp³-hybridized carbons (Fsp3) is 0.612. The molecule has 19 heteroatoms. The van der Waals surface area contributed by atoms with Crippen LogP contribution >= 0.6 is 0 Å². The number of ketones is 3. The zero-order valence-electron chi connectivity index (χ0n) is 40.5. The first-order valence-corrected chi connectivity index (χ1v) is 23.5. The van der Waals surface area contributed by atoms with Gasteiger partial charge in [-0.3, -0.25) is 33.6 Å². The van der Waals surface area contributed by atoms with Crippen molar-refractivity contribution in [3.05, 3.63) is 51.6 Å². The molecule has 0 radical (unpaired) electrons. The van der Waals surface area contributed by atoms with E-state index in [0.29, 0.717) is 19.4 Å². The van der Waals surface area contributed by atoms with Gasteiger partial charge in [0.1, 0.15) is 41.0 Å². The average Bonchev–Trinajstić information content (AvgIpc) is 3.26. The minimum atomic E-state index is -2.13. The Labute approximate surface area is 397 Å². The predicted molar refractivity (Wildman–Crippen MR) is 249 cm³/mol. The second-order valence-electron chi connectivity index (χ2n) is 19.5. The van der Waals surface area contributed by atoms with E-state index in [0.717, 1.165) is 6.92 Å². The van der Waals surface area contributed by atoms with Crippen molar-refractivity contribution in [1.29, 1.82) is 0 Å². The number of amides is 4. The van der Waals surface area contributed by atoms with E-state index < -0.39 is 131 Å². The average molecular weight is 951 g/mol. The Morgan fingerprint density at radius 2 is 1.43 bits per heavy atom. The van der Waals surface area contributed by atoms with Gasteiger partial charge >= 0.3 is 0 Å². The molecule has 0 aromatic heterocycles. The number of aromatic hydroxyl groups is 2. The van der Waals surface area contributed by atoms with Crippen molar-refractivity contribution in [2.24, 2.45) is 29.2 Å². The lowest BCUT2D eigenvalue weighted by atomic mass is 9.72. The maximum absolute atomic E-state index is 14.3. The highest BCUT2D eigenvalue weighted by molar-refractivity contribution is 6.31. The third kappa shape index (κ3) is 11.7. The number of aliphatic hydroxyl groups is 1. The van der Waals surface area contributed by atoms with Gasteiger partial charge in [-0.15, -0.1) is 0 Å². The Hall–Kier alpha value is -5.47. The van der Waals surface area contributed by atoms with Gasteiger partial charge in [0, 0.05) is 47.9 Å². The molecule has 0 bridgehead atoms. The number of unbranched alkanes of at least 4 members (excludes halogenated alkanes) is 1. The lowest BCUT2D eigenvalue weighted by Gasteiger charge is -2.43. The summed E-state index contributed by atoms with van der Waals surface area (Å²) in [7, 11) is 1.32. The molecule has 1 heterocycles. The Morgan fingerprint density at radius 3 is 2.01 bits per heavy atom. The lowest BCUT2D eigenvalue weighted by molar-refractivity contribution is -0.238. The van der Waals surface area contributed by atoms with Crippen LogP contribution in [0.5, 0.6) is 17.2 Å². The minimum Gasteiger partial charge on any atom is -0.507 e. The molecule has 1 saturated heterocycles. The quantitative estimate of drug-likeness (QED) is 0.0581. The summed E-state index contributed by atoms with van der Waals surface area (Å²) in [6.07, 6.45) is -2.24.